The number of benzene rings is 1. The highest BCUT2D eigenvalue weighted by molar-refractivity contribution is 5.58. The van der Waals surface area contributed by atoms with Gasteiger partial charge < -0.3 is 4.79 Å². The summed E-state index contributed by atoms with van der Waals surface area (Å²) >= 11 is 0. The first-order valence-corrected chi connectivity index (χ1v) is 5.52. The molecule has 1 aliphatic rings. The second-order valence-corrected chi connectivity index (χ2v) is 4.12. The summed E-state index contributed by atoms with van der Waals surface area (Å²) in [6.45, 7) is 1.79. The van der Waals surface area contributed by atoms with Crippen molar-refractivity contribution in [3.63, 3.8) is 0 Å². The minimum absolute atomic E-state index is 0.0793. The average molecular weight is 214 g/mol. The fourth-order valence-electron chi connectivity index (χ4n) is 2.12. The smallest absolute Gasteiger partial charge is 0.137 e. The maximum absolute atomic E-state index is 10.8. The molecule has 82 valence electrons. The number of nitrogens with zero attached hydrogens (tertiary/aromatic N) is 2. The Hall–Kier alpha value is -1.66. The van der Waals surface area contributed by atoms with Gasteiger partial charge in [-0.2, -0.15) is 5.26 Å². The van der Waals surface area contributed by atoms with Gasteiger partial charge in [-0.25, -0.2) is 0 Å². The van der Waals surface area contributed by atoms with E-state index < -0.39 is 0 Å². The van der Waals surface area contributed by atoms with Crippen LogP contribution in [0.5, 0.6) is 0 Å². The van der Waals surface area contributed by atoms with E-state index in [-0.39, 0.29) is 6.04 Å². The standard InChI is InChI=1S/C13H14N2O/c14-8-11-3-5-12(6-4-11)9-15-7-1-2-13(15)10-16/h3-6,10,13H,1-2,7,9H2/t13-/m1/s1. The lowest BCUT2D eigenvalue weighted by molar-refractivity contribution is -0.111. The summed E-state index contributed by atoms with van der Waals surface area (Å²) in [5, 5.41) is 8.69. The molecular weight excluding hydrogens is 200 g/mol. The minimum atomic E-state index is 0.0793. The summed E-state index contributed by atoms with van der Waals surface area (Å²) in [5.41, 5.74) is 1.84. The highest BCUT2D eigenvalue weighted by atomic mass is 16.1. The lowest BCUT2D eigenvalue weighted by atomic mass is 10.1. The maximum atomic E-state index is 10.8. The molecule has 0 bridgehead atoms. The van der Waals surface area contributed by atoms with Crippen LogP contribution < -0.4 is 0 Å². The molecule has 1 atom stereocenters. The molecule has 0 N–H and O–H groups in total. The van der Waals surface area contributed by atoms with Crippen LogP contribution in [-0.4, -0.2) is 23.8 Å². The molecular formula is C13H14N2O. The zero-order valence-corrected chi connectivity index (χ0v) is 9.10. The quantitative estimate of drug-likeness (QED) is 0.720. The van der Waals surface area contributed by atoms with Crippen molar-refractivity contribution in [2.75, 3.05) is 6.54 Å². The third-order valence-electron chi connectivity index (χ3n) is 3.04. The molecule has 1 aromatic rings. The Bertz CT molecular complexity index is 405. The van der Waals surface area contributed by atoms with Gasteiger partial charge in [0.2, 0.25) is 0 Å². The first-order valence-electron chi connectivity index (χ1n) is 5.52. The number of hydrogen-bond acceptors (Lipinski definition) is 3. The highest BCUT2D eigenvalue weighted by Crippen LogP contribution is 2.18. The number of carbonyl (C=O) groups is 1. The number of nitriles is 1. The van der Waals surface area contributed by atoms with Crippen molar-refractivity contribution in [1.82, 2.24) is 4.90 Å². The van der Waals surface area contributed by atoms with Crippen LogP contribution in [0.2, 0.25) is 0 Å². The molecule has 16 heavy (non-hydrogen) atoms. The van der Waals surface area contributed by atoms with Crippen LogP contribution in [0.25, 0.3) is 0 Å². The van der Waals surface area contributed by atoms with Crippen molar-refractivity contribution in [3.8, 4) is 6.07 Å². The number of rotatable bonds is 3. The predicted octanol–water partition coefficient (Wildman–Crippen LogP) is 1.72. The Morgan fingerprint density at radius 3 is 2.81 bits per heavy atom. The van der Waals surface area contributed by atoms with Crippen molar-refractivity contribution in [3.05, 3.63) is 35.4 Å². The summed E-state index contributed by atoms with van der Waals surface area (Å²) in [5.74, 6) is 0. The van der Waals surface area contributed by atoms with Crippen LogP contribution in [0.15, 0.2) is 24.3 Å². The lowest BCUT2D eigenvalue weighted by Crippen LogP contribution is -2.29. The molecule has 1 saturated heterocycles. The van der Waals surface area contributed by atoms with Crippen molar-refractivity contribution in [2.24, 2.45) is 0 Å². The molecule has 3 nitrogen and oxygen atoms in total. The van der Waals surface area contributed by atoms with E-state index in [1.165, 1.54) is 0 Å². The van der Waals surface area contributed by atoms with E-state index in [2.05, 4.69) is 11.0 Å². The van der Waals surface area contributed by atoms with Gasteiger partial charge in [0.1, 0.15) is 6.29 Å². The second-order valence-electron chi connectivity index (χ2n) is 4.12. The molecule has 2 rings (SSSR count). The molecule has 1 aromatic carbocycles. The summed E-state index contributed by atoms with van der Waals surface area (Å²) in [6.07, 6.45) is 3.11. The molecule has 0 saturated carbocycles. The van der Waals surface area contributed by atoms with Crippen LogP contribution in [0.4, 0.5) is 0 Å². The number of likely N-dealkylation sites (tertiary alicyclic amines) is 1. The number of carbonyl (C=O) groups excluding carboxylic acids is 1. The Morgan fingerprint density at radius 2 is 2.19 bits per heavy atom. The van der Waals surface area contributed by atoms with Gasteiger partial charge in [-0.3, -0.25) is 4.90 Å². The average Bonchev–Trinajstić information content (AvgIpc) is 2.77. The zero-order valence-electron chi connectivity index (χ0n) is 9.10. The normalized spacial score (nSPS) is 20.6. The molecule has 0 spiro atoms. The van der Waals surface area contributed by atoms with Gasteiger partial charge in [0.25, 0.3) is 0 Å². The van der Waals surface area contributed by atoms with E-state index in [1.54, 1.807) is 0 Å². The van der Waals surface area contributed by atoms with Crippen LogP contribution in [-0.2, 0) is 11.3 Å². The van der Waals surface area contributed by atoms with Gasteiger partial charge in [0.05, 0.1) is 17.7 Å². The fourth-order valence-corrected chi connectivity index (χ4v) is 2.12. The van der Waals surface area contributed by atoms with E-state index in [9.17, 15) is 4.79 Å². The summed E-state index contributed by atoms with van der Waals surface area (Å²) in [4.78, 5) is 13.0. The van der Waals surface area contributed by atoms with E-state index in [1.807, 2.05) is 24.3 Å². The number of aldehydes is 1. The van der Waals surface area contributed by atoms with Gasteiger partial charge in [0.15, 0.2) is 0 Å². The molecule has 0 unspecified atom stereocenters. The van der Waals surface area contributed by atoms with Gasteiger partial charge in [0, 0.05) is 6.54 Å². The maximum Gasteiger partial charge on any atom is 0.137 e. The SMILES string of the molecule is N#Cc1ccc(CN2CCC[C@@H]2C=O)cc1. The van der Waals surface area contributed by atoms with Crippen molar-refractivity contribution in [2.45, 2.75) is 25.4 Å². The first kappa shape index (κ1) is 10.8. The third-order valence-corrected chi connectivity index (χ3v) is 3.04. The fraction of sp³-hybridized carbons (Fsp3) is 0.385. The highest BCUT2D eigenvalue weighted by Gasteiger charge is 2.23. The molecule has 0 amide bonds. The lowest BCUT2D eigenvalue weighted by Gasteiger charge is -2.19. The van der Waals surface area contributed by atoms with Gasteiger partial charge in [-0.15, -0.1) is 0 Å². The molecule has 3 heteroatoms. The van der Waals surface area contributed by atoms with Crippen LogP contribution in [0.1, 0.15) is 24.0 Å². The zero-order chi connectivity index (χ0) is 11.4. The Kier molecular flexibility index (Phi) is 3.33. The summed E-state index contributed by atoms with van der Waals surface area (Å²) < 4.78 is 0. The largest absolute Gasteiger partial charge is 0.302 e. The monoisotopic (exact) mass is 214 g/mol. The van der Waals surface area contributed by atoms with Crippen LogP contribution in [0.3, 0.4) is 0 Å². The second kappa shape index (κ2) is 4.91. The van der Waals surface area contributed by atoms with Crippen LogP contribution in [0, 0.1) is 11.3 Å². The van der Waals surface area contributed by atoms with Gasteiger partial charge in [-0.1, -0.05) is 12.1 Å². The van der Waals surface area contributed by atoms with E-state index in [4.69, 9.17) is 5.26 Å². The Labute approximate surface area is 95.3 Å². The first-order chi connectivity index (χ1) is 7.83. The molecule has 1 aliphatic heterocycles. The van der Waals surface area contributed by atoms with Crippen molar-refractivity contribution in [1.29, 1.82) is 5.26 Å². The Balaban J connectivity index is 2.03. The molecule has 1 fully saturated rings. The molecule has 0 radical (unpaired) electrons. The van der Waals surface area contributed by atoms with E-state index >= 15 is 0 Å². The molecule has 1 heterocycles. The molecule has 0 aliphatic carbocycles. The van der Waals surface area contributed by atoms with Crippen LogP contribution >= 0.6 is 0 Å². The summed E-state index contributed by atoms with van der Waals surface area (Å²) in [6, 6.07) is 9.73. The topological polar surface area (TPSA) is 44.1 Å². The minimum Gasteiger partial charge on any atom is -0.302 e. The third kappa shape index (κ3) is 2.29. The number of hydrogen-bond donors (Lipinski definition) is 0. The van der Waals surface area contributed by atoms with E-state index in [0.29, 0.717) is 5.56 Å². The Morgan fingerprint density at radius 1 is 1.44 bits per heavy atom. The van der Waals surface area contributed by atoms with Crippen molar-refractivity contribution < 1.29 is 4.79 Å². The predicted molar refractivity (Wildman–Crippen MR) is 60.7 cm³/mol. The van der Waals surface area contributed by atoms with Gasteiger partial charge in [-0.05, 0) is 37.1 Å². The molecule has 0 aromatic heterocycles. The van der Waals surface area contributed by atoms with E-state index in [0.717, 1.165) is 37.8 Å². The summed E-state index contributed by atoms with van der Waals surface area (Å²) in [7, 11) is 0. The van der Waals surface area contributed by atoms with Gasteiger partial charge >= 0.3 is 0 Å². The van der Waals surface area contributed by atoms with Crippen molar-refractivity contribution >= 4 is 6.29 Å².